The number of hydrogen-bond acceptors (Lipinski definition) is 9. The van der Waals surface area contributed by atoms with Crippen molar-refractivity contribution in [2.75, 3.05) is 20.8 Å². The fourth-order valence-corrected chi connectivity index (χ4v) is 6.69. The number of pyridine rings is 1. The van der Waals surface area contributed by atoms with E-state index < -0.39 is 21.4 Å². The predicted molar refractivity (Wildman–Crippen MR) is 159 cm³/mol. The molecule has 0 spiro atoms. The number of aryl methyl sites for hydroxylation is 1. The van der Waals surface area contributed by atoms with Crippen LogP contribution in [0, 0.1) is 19.3 Å². The second-order valence-electron chi connectivity index (χ2n) is 9.80. The molecule has 41 heavy (non-hydrogen) atoms. The van der Waals surface area contributed by atoms with Crippen LogP contribution in [0.1, 0.15) is 30.7 Å². The zero-order chi connectivity index (χ0) is 29.2. The summed E-state index contributed by atoms with van der Waals surface area (Å²) < 4.78 is 45.6. The molecule has 0 aliphatic heterocycles. The Balaban J connectivity index is 0.00000462. The Kier molecular flexibility index (Phi) is 10.1. The van der Waals surface area contributed by atoms with E-state index in [1.807, 2.05) is 13.8 Å². The monoisotopic (exact) mass is 593 g/mol. The molecule has 2 aromatic carbocycles. The summed E-state index contributed by atoms with van der Waals surface area (Å²) in [6.07, 6.45) is 1.73. The molecule has 0 aliphatic carbocycles. The van der Waals surface area contributed by atoms with Crippen molar-refractivity contribution < 1.29 is 32.5 Å². The van der Waals surface area contributed by atoms with Crippen LogP contribution in [0.4, 0.5) is 0 Å². The molecule has 0 saturated carbocycles. The summed E-state index contributed by atoms with van der Waals surface area (Å²) in [4.78, 5) is 20.6. The van der Waals surface area contributed by atoms with Crippen molar-refractivity contribution in [2.24, 2.45) is 5.41 Å². The molecule has 0 unspecified atom stereocenters. The Bertz CT molecular complexity index is 1670. The Morgan fingerprint density at radius 3 is 2.32 bits per heavy atom. The summed E-state index contributed by atoms with van der Waals surface area (Å²) in [6, 6.07) is 10.9. The van der Waals surface area contributed by atoms with E-state index in [0.29, 0.717) is 28.3 Å². The van der Waals surface area contributed by atoms with Gasteiger partial charge in [-0.1, -0.05) is 11.8 Å². The number of thioether (sulfide) groups is 1. The first-order valence-corrected chi connectivity index (χ1v) is 14.7. The number of carbonyl (C=O) groups is 1. The standard InChI is InChI=1S/C28H31N3O7S2.Li.H/c1-17-14-29-23(18(2)25(17)37-6)15-39-27-30-22-13-20(36-5)9-12-24(22)31(27)40(34,35)21-10-7-19(8-11-21)38-16-28(3,4)26(32)33;;/h7-14H,15-16H2,1-6H3,(H,32,33);;. The van der Waals surface area contributed by atoms with Crippen LogP contribution < -0.4 is 14.2 Å². The number of hydrogen-bond donors (Lipinski definition) is 1. The first-order chi connectivity index (χ1) is 18.9. The van der Waals surface area contributed by atoms with Crippen LogP contribution in [0.2, 0.25) is 0 Å². The van der Waals surface area contributed by atoms with Gasteiger partial charge in [0.1, 0.15) is 23.9 Å². The van der Waals surface area contributed by atoms with E-state index in [9.17, 15) is 18.3 Å². The normalized spacial score (nSPS) is 11.7. The molecule has 0 amide bonds. The number of aliphatic carboxylic acids is 1. The topological polar surface area (TPSA) is 130 Å². The molecule has 0 radical (unpaired) electrons. The van der Waals surface area contributed by atoms with Crippen LogP contribution in [0.25, 0.3) is 11.0 Å². The number of nitrogens with zero attached hydrogens (tertiary/aromatic N) is 3. The van der Waals surface area contributed by atoms with E-state index in [4.69, 9.17) is 14.2 Å². The SMILES string of the molecule is COc1ccc2c(c1)nc(SCc1ncc(C)c(OC)c1C)n2S(=O)(=O)c1ccc(OCC(C)(C)C(=O)O)cc1.[LiH]. The number of fused-ring (bicyclic) bond motifs is 1. The van der Waals surface area contributed by atoms with Crippen LogP contribution >= 0.6 is 11.8 Å². The van der Waals surface area contributed by atoms with Crippen LogP contribution in [-0.2, 0) is 20.6 Å². The van der Waals surface area contributed by atoms with Gasteiger partial charge in [-0.15, -0.1) is 0 Å². The van der Waals surface area contributed by atoms with E-state index in [-0.39, 0.29) is 35.5 Å². The van der Waals surface area contributed by atoms with Gasteiger partial charge in [0.05, 0.1) is 41.3 Å². The summed E-state index contributed by atoms with van der Waals surface area (Å²) in [7, 11) is -0.943. The van der Waals surface area contributed by atoms with Crippen molar-refractivity contribution in [3.63, 3.8) is 0 Å². The van der Waals surface area contributed by atoms with Crippen molar-refractivity contribution in [1.29, 1.82) is 0 Å². The molecular formula is C28H32LiN3O7S2. The number of aromatic nitrogens is 3. The molecular weight excluding hydrogens is 561 g/mol. The fraction of sp³-hybridized carbons (Fsp3) is 0.321. The quantitative estimate of drug-likeness (QED) is 0.197. The van der Waals surface area contributed by atoms with Gasteiger partial charge in [0.2, 0.25) is 0 Å². The molecule has 2 heterocycles. The molecule has 0 atom stereocenters. The predicted octanol–water partition coefficient (Wildman–Crippen LogP) is 4.44. The van der Waals surface area contributed by atoms with E-state index in [1.54, 1.807) is 45.4 Å². The maximum absolute atomic E-state index is 13.9. The molecule has 13 heteroatoms. The van der Waals surface area contributed by atoms with Crippen molar-refractivity contribution >= 4 is 57.6 Å². The fourth-order valence-electron chi connectivity index (χ4n) is 3.95. The minimum atomic E-state index is -4.08. The van der Waals surface area contributed by atoms with Crippen LogP contribution in [-0.4, -0.2) is 73.1 Å². The zero-order valence-electron chi connectivity index (χ0n) is 23.1. The summed E-state index contributed by atoms with van der Waals surface area (Å²) in [5, 5.41) is 9.57. The molecule has 0 fully saturated rings. The van der Waals surface area contributed by atoms with E-state index >= 15 is 0 Å². The molecule has 4 aromatic rings. The number of methoxy groups -OCH3 is 2. The van der Waals surface area contributed by atoms with Gasteiger partial charge in [-0.2, -0.15) is 0 Å². The van der Waals surface area contributed by atoms with Gasteiger partial charge in [-0.25, -0.2) is 17.4 Å². The van der Waals surface area contributed by atoms with E-state index in [1.165, 1.54) is 47.1 Å². The molecule has 0 saturated heterocycles. The second-order valence-corrected chi connectivity index (χ2v) is 12.5. The van der Waals surface area contributed by atoms with Gasteiger partial charge in [0.15, 0.2) is 5.16 Å². The van der Waals surface area contributed by atoms with Gasteiger partial charge in [0.25, 0.3) is 10.0 Å². The van der Waals surface area contributed by atoms with Gasteiger partial charge >= 0.3 is 24.8 Å². The number of benzene rings is 2. The Hall–Kier alpha value is -3.17. The average molecular weight is 594 g/mol. The molecule has 1 N–H and O–H groups in total. The number of carboxylic acids is 1. The van der Waals surface area contributed by atoms with Crippen LogP contribution in [0.3, 0.4) is 0 Å². The van der Waals surface area contributed by atoms with Gasteiger partial charge < -0.3 is 19.3 Å². The van der Waals surface area contributed by atoms with Gasteiger partial charge in [-0.3, -0.25) is 9.78 Å². The number of ether oxygens (including phenoxy) is 3. The van der Waals surface area contributed by atoms with Gasteiger partial charge in [-0.05, 0) is 64.1 Å². The van der Waals surface area contributed by atoms with E-state index in [0.717, 1.165) is 22.6 Å². The Morgan fingerprint density at radius 2 is 1.71 bits per heavy atom. The molecule has 214 valence electrons. The molecule has 0 bridgehead atoms. The summed E-state index contributed by atoms with van der Waals surface area (Å²) >= 11 is 1.25. The number of imidazole rings is 1. The molecule has 2 aromatic heterocycles. The van der Waals surface area contributed by atoms with Crippen LogP contribution in [0.15, 0.2) is 58.7 Å². The number of carboxylic acid groups (broad SMARTS) is 1. The first kappa shape index (κ1) is 32.3. The average Bonchev–Trinajstić information content (AvgIpc) is 3.30. The van der Waals surface area contributed by atoms with E-state index in [2.05, 4.69) is 9.97 Å². The van der Waals surface area contributed by atoms with Crippen molar-refractivity contribution in [3.05, 3.63) is 65.5 Å². The summed E-state index contributed by atoms with van der Waals surface area (Å²) in [5.74, 6) is 1.03. The molecule has 10 nitrogen and oxygen atoms in total. The summed E-state index contributed by atoms with van der Waals surface area (Å²) in [6.45, 7) is 6.87. The molecule has 4 rings (SSSR count). The molecule has 0 aliphatic rings. The summed E-state index contributed by atoms with van der Waals surface area (Å²) in [5.41, 5.74) is 2.32. The Morgan fingerprint density at radius 1 is 1.05 bits per heavy atom. The van der Waals surface area contributed by atoms with Crippen LogP contribution in [0.5, 0.6) is 17.2 Å². The second kappa shape index (κ2) is 12.8. The third kappa shape index (κ3) is 6.67. The minimum absolute atomic E-state index is 0. The third-order valence-corrected chi connectivity index (χ3v) is 9.20. The zero-order valence-corrected chi connectivity index (χ0v) is 24.7. The third-order valence-electron chi connectivity index (χ3n) is 6.42. The van der Waals surface area contributed by atoms with Crippen molar-refractivity contribution in [1.82, 2.24) is 13.9 Å². The first-order valence-electron chi connectivity index (χ1n) is 12.3. The van der Waals surface area contributed by atoms with Gasteiger partial charge in [0, 0.05) is 29.1 Å². The number of rotatable bonds is 11. The van der Waals surface area contributed by atoms with Crippen molar-refractivity contribution in [2.45, 2.75) is 43.5 Å². The van der Waals surface area contributed by atoms with Crippen molar-refractivity contribution in [3.8, 4) is 17.2 Å². The Labute approximate surface area is 255 Å². The maximum atomic E-state index is 13.9.